The third-order valence-corrected chi connectivity index (χ3v) is 3.90. The van der Waals surface area contributed by atoms with E-state index in [1.165, 1.54) is 18.9 Å². The molecule has 2 rings (SSSR count). The van der Waals surface area contributed by atoms with Crippen LogP contribution in [0.3, 0.4) is 0 Å². The Morgan fingerprint density at radius 3 is 2.75 bits per heavy atom. The molecule has 0 saturated heterocycles. The van der Waals surface area contributed by atoms with Crippen molar-refractivity contribution in [2.24, 2.45) is 0 Å². The van der Waals surface area contributed by atoms with Crippen LogP contribution in [-0.2, 0) is 15.1 Å². The Hall–Kier alpha value is -2.42. The van der Waals surface area contributed by atoms with Crippen LogP contribution in [0.5, 0.6) is 0 Å². The number of aromatic nitrogens is 4. The Balaban J connectivity index is 1.97. The van der Waals surface area contributed by atoms with Crippen molar-refractivity contribution in [2.45, 2.75) is 31.5 Å². The predicted octanol–water partition coefficient (Wildman–Crippen LogP) is 1.95. The number of carbonyl (C=O) groups excluding carboxylic acids is 2. The molecule has 24 heavy (non-hydrogen) atoms. The Kier molecular flexibility index (Phi) is 5.55. The highest BCUT2D eigenvalue weighted by atomic mass is 32.2. The summed E-state index contributed by atoms with van der Waals surface area (Å²) in [4.78, 5) is 23.6. The molecule has 1 aromatic carbocycles. The van der Waals surface area contributed by atoms with Crippen LogP contribution in [0, 0.1) is 0 Å². The summed E-state index contributed by atoms with van der Waals surface area (Å²) in [6.45, 7) is 5.93. The van der Waals surface area contributed by atoms with Crippen molar-refractivity contribution in [1.29, 1.82) is 0 Å². The summed E-state index contributed by atoms with van der Waals surface area (Å²) in [5, 5.41) is 14.8. The molecule has 1 amide bonds. The first kappa shape index (κ1) is 17.9. The van der Waals surface area contributed by atoms with E-state index in [2.05, 4.69) is 25.6 Å². The second-order valence-corrected chi connectivity index (χ2v) is 6.90. The number of hydrogen-bond acceptors (Lipinski definition) is 7. The molecule has 0 fully saturated rings. The van der Waals surface area contributed by atoms with Gasteiger partial charge in [-0.25, -0.2) is 9.48 Å². The quantitative estimate of drug-likeness (QED) is 0.650. The Labute approximate surface area is 144 Å². The molecule has 8 nitrogen and oxygen atoms in total. The van der Waals surface area contributed by atoms with Crippen molar-refractivity contribution in [3.63, 3.8) is 0 Å². The van der Waals surface area contributed by atoms with Gasteiger partial charge in [0.05, 0.1) is 24.0 Å². The number of nitrogens with one attached hydrogen (secondary N) is 1. The molecule has 0 atom stereocenters. The first-order valence-electron chi connectivity index (χ1n) is 7.21. The van der Waals surface area contributed by atoms with Crippen LogP contribution in [0.15, 0.2) is 29.4 Å². The number of carbonyl (C=O) groups is 2. The van der Waals surface area contributed by atoms with Crippen molar-refractivity contribution < 1.29 is 14.3 Å². The molecule has 1 aromatic heterocycles. The number of rotatable bonds is 5. The van der Waals surface area contributed by atoms with Crippen LogP contribution in [-0.4, -0.2) is 44.9 Å². The summed E-state index contributed by atoms with van der Waals surface area (Å²) in [6.07, 6.45) is 0. The van der Waals surface area contributed by atoms with Gasteiger partial charge in [0, 0.05) is 5.69 Å². The normalized spacial score (nSPS) is 11.2. The number of anilines is 1. The molecule has 1 N–H and O–H groups in total. The molecule has 0 aliphatic carbocycles. The molecule has 0 unspecified atom stereocenters. The highest BCUT2D eigenvalue weighted by Crippen LogP contribution is 2.21. The molecule has 2 aromatic rings. The number of benzene rings is 1. The van der Waals surface area contributed by atoms with Gasteiger partial charge in [-0.2, -0.15) is 0 Å². The number of methoxy groups -OCH3 is 1. The van der Waals surface area contributed by atoms with Gasteiger partial charge in [0.1, 0.15) is 0 Å². The molecule has 0 aliphatic rings. The lowest BCUT2D eigenvalue weighted by Crippen LogP contribution is -2.24. The fourth-order valence-electron chi connectivity index (χ4n) is 1.86. The summed E-state index contributed by atoms with van der Waals surface area (Å²) < 4.78 is 6.33. The highest BCUT2D eigenvalue weighted by Gasteiger charge is 2.20. The van der Waals surface area contributed by atoms with E-state index in [4.69, 9.17) is 0 Å². The van der Waals surface area contributed by atoms with Gasteiger partial charge >= 0.3 is 5.97 Å². The molecule has 0 radical (unpaired) electrons. The van der Waals surface area contributed by atoms with Crippen molar-refractivity contribution >= 4 is 29.3 Å². The van der Waals surface area contributed by atoms with E-state index >= 15 is 0 Å². The average Bonchev–Trinajstić information content (AvgIpc) is 3.01. The third kappa shape index (κ3) is 4.54. The molecule has 128 valence electrons. The number of thioether (sulfide) groups is 1. The lowest BCUT2D eigenvalue weighted by Gasteiger charge is -2.19. The van der Waals surface area contributed by atoms with Gasteiger partial charge in [0.2, 0.25) is 11.1 Å². The van der Waals surface area contributed by atoms with Crippen LogP contribution >= 0.6 is 11.8 Å². The molecule has 0 spiro atoms. The number of nitrogens with zero attached hydrogens (tertiary/aromatic N) is 4. The van der Waals surface area contributed by atoms with Crippen LogP contribution in [0.4, 0.5) is 5.69 Å². The van der Waals surface area contributed by atoms with Crippen molar-refractivity contribution in [3.8, 4) is 0 Å². The topological polar surface area (TPSA) is 99.0 Å². The number of amides is 1. The summed E-state index contributed by atoms with van der Waals surface area (Å²) in [7, 11) is 1.31. The van der Waals surface area contributed by atoms with Crippen molar-refractivity contribution in [1.82, 2.24) is 20.2 Å². The number of ether oxygens (including phenoxy) is 1. The third-order valence-electron chi connectivity index (χ3n) is 2.98. The zero-order chi connectivity index (χ0) is 17.7. The van der Waals surface area contributed by atoms with Crippen LogP contribution in [0.1, 0.15) is 31.1 Å². The van der Waals surface area contributed by atoms with Gasteiger partial charge in [-0.05, 0) is 49.4 Å². The first-order valence-corrected chi connectivity index (χ1v) is 8.19. The van der Waals surface area contributed by atoms with Crippen LogP contribution in [0.2, 0.25) is 0 Å². The Morgan fingerprint density at radius 2 is 2.08 bits per heavy atom. The second-order valence-electron chi connectivity index (χ2n) is 5.95. The number of tetrazole rings is 1. The monoisotopic (exact) mass is 349 g/mol. The summed E-state index contributed by atoms with van der Waals surface area (Å²) in [5.41, 5.74) is 0.635. The predicted molar refractivity (Wildman–Crippen MR) is 89.9 cm³/mol. The Morgan fingerprint density at radius 1 is 1.33 bits per heavy atom. The molecule has 1 heterocycles. The largest absolute Gasteiger partial charge is 0.465 e. The van der Waals surface area contributed by atoms with E-state index in [-0.39, 0.29) is 17.2 Å². The van der Waals surface area contributed by atoms with Crippen molar-refractivity contribution in [3.05, 3.63) is 29.8 Å². The summed E-state index contributed by atoms with van der Waals surface area (Å²) in [5.74, 6) is -0.519. The van der Waals surface area contributed by atoms with Gasteiger partial charge in [-0.3, -0.25) is 4.79 Å². The van der Waals surface area contributed by atoms with E-state index < -0.39 is 5.97 Å². The minimum absolute atomic E-state index is 0.152. The molecular formula is C15H19N5O3S. The molecular weight excluding hydrogens is 330 g/mol. The highest BCUT2D eigenvalue weighted by molar-refractivity contribution is 7.99. The van der Waals surface area contributed by atoms with E-state index in [9.17, 15) is 9.59 Å². The fourth-order valence-corrected chi connectivity index (χ4v) is 2.72. The van der Waals surface area contributed by atoms with Gasteiger partial charge in [0.25, 0.3) is 0 Å². The fraction of sp³-hybridized carbons (Fsp3) is 0.400. The van der Waals surface area contributed by atoms with E-state index in [1.807, 2.05) is 20.8 Å². The lowest BCUT2D eigenvalue weighted by atomic mass is 10.1. The van der Waals surface area contributed by atoms with Crippen LogP contribution < -0.4 is 5.32 Å². The van der Waals surface area contributed by atoms with Gasteiger partial charge in [-0.15, -0.1) is 5.10 Å². The molecule has 0 bridgehead atoms. The standard InChI is InChI=1S/C15H19N5O3S/c1-15(2,3)20-14(17-18-19-20)24-9-12(21)16-11-7-5-6-10(8-11)13(22)23-4/h5-8H,9H2,1-4H3,(H,16,21). The lowest BCUT2D eigenvalue weighted by molar-refractivity contribution is -0.113. The van der Waals surface area contributed by atoms with Gasteiger partial charge in [0.15, 0.2) is 0 Å². The zero-order valence-corrected chi connectivity index (χ0v) is 14.8. The minimum Gasteiger partial charge on any atom is -0.465 e. The number of esters is 1. The second kappa shape index (κ2) is 7.43. The summed E-state index contributed by atoms with van der Waals surface area (Å²) >= 11 is 1.25. The molecule has 9 heteroatoms. The molecule has 0 saturated carbocycles. The maximum Gasteiger partial charge on any atom is 0.337 e. The maximum absolute atomic E-state index is 12.1. The zero-order valence-electron chi connectivity index (χ0n) is 13.9. The average molecular weight is 349 g/mol. The van der Waals surface area contributed by atoms with E-state index in [1.54, 1.807) is 28.9 Å². The SMILES string of the molecule is COC(=O)c1cccc(NC(=O)CSc2nnnn2C(C)(C)C)c1. The van der Waals surface area contributed by atoms with E-state index in [0.29, 0.717) is 16.4 Å². The maximum atomic E-state index is 12.1. The van der Waals surface area contributed by atoms with Crippen LogP contribution in [0.25, 0.3) is 0 Å². The number of hydrogen-bond donors (Lipinski definition) is 1. The minimum atomic E-state index is -0.454. The van der Waals surface area contributed by atoms with E-state index in [0.717, 1.165) is 0 Å². The molecule has 0 aliphatic heterocycles. The Bertz CT molecular complexity index is 739. The smallest absolute Gasteiger partial charge is 0.337 e. The summed E-state index contributed by atoms with van der Waals surface area (Å²) in [6, 6.07) is 6.56. The van der Waals surface area contributed by atoms with Gasteiger partial charge in [-0.1, -0.05) is 17.8 Å². The first-order chi connectivity index (χ1) is 11.3. The van der Waals surface area contributed by atoms with Gasteiger partial charge < -0.3 is 10.1 Å². The van der Waals surface area contributed by atoms with Crippen molar-refractivity contribution in [2.75, 3.05) is 18.2 Å².